The minimum absolute atomic E-state index is 0.321. The molecular formula is C15H19BrO5. The summed E-state index contributed by atoms with van der Waals surface area (Å²) in [6, 6.07) is 6.88. The molecule has 0 spiro atoms. The van der Waals surface area contributed by atoms with E-state index in [2.05, 4.69) is 20.7 Å². The molecule has 1 aromatic rings. The van der Waals surface area contributed by atoms with Crippen LogP contribution in [0.15, 0.2) is 24.3 Å². The van der Waals surface area contributed by atoms with Crippen LogP contribution >= 0.6 is 15.9 Å². The second-order valence-electron chi connectivity index (χ2n) is 4.22. The molecule has 5 nitrogen and oxygen atoms in total. The average molecular weight is 359 g/mol. The van der Waals surface area contributed by atoms with E-state index in [0.717, 1.165) is 5.56 Å². The van der Waals surface area contributed by atoms with Crippen LogP contribution < -0.4 is 4.74 Å². The van der Waals surface area contributed by atoms with Gasteiger partial charge in [-0.15, -0.1) is 0 Å². The highest BCUT2D eigenvalue weighted by molar-refractivity contribution is 9.09. The molecule has 0 bridgehead atoms. The molecule has 1 rings (SSSR count). The van der Waals surface area contributed by atoms with E-state index >= 15 is 0 Å². The van der Waals surface area contributed by atoms with Gasteiger partial charge in [-0.1, -0.05) is 35.0 Å². The zero-order chi connectivity index (χ0) is 15.8. The van der Waals surface area contributed by atoms with Gasteiger partial charge in [-0.25, -0.2) is 4.79 Å². The van der Waals surface area contributed by atoms with Crippen molar-refractivity contribution in [2.24, 2.45) is 0 Å². The molecule has 0 radical (unpaired) electrons. The van der Waals surface area contributed by atoms with Crippen molar-refractivity contribution in [3.8, 4) is 5.75 Å². The molecular weight excluding hydrogens is 340 g/mol. The van der Waals surface area contributed by atoms with Gasteiger partial charge in [0.1, 0.15) is 10.6 Å². The first-order chi connectivity index (χ1) is 10.0. The molecule has 1 aromatic carbocycles. The smallest absolute Gasteiger partial charge is 0.347 e. The van der Waals surface area contributed by atoms with Gasteiger partial charge in [0.15, 0.2) is 6.10 Å². The fourth-order valence-corrected chi connectivity index (χ4v) is 2.14. The van der Waals surface area contributed by atoms with Crippen molar-refractivity contribution in [3.63, 3.8) is 0 Å². The van der Waals surface area contributed by atoms with E-state index in [-0.39, 0.29) is 11.9 Å². The number of alkyl halides is 1. The minimum atomic E-state index is -0.629. The third-order valence-corrected chi connectivity index (χ3v) is 3.68. The maximum atomic E-state index is 11.7. The largest absolute Gasteiger partial charge is 0.479 e. The van der Waals surface area contributed by atoms with Crippen molar-refractivity contribution in [2.45, 2.75) is 31.2 Å². The van der Waals surface area contributed by atoms with Crippen LogP contribution in [0.5, 0.6) is 5.75 Å². The van der Waals surface area contributed by atoms with E-state index < -0.39 is 10.9 Å². The average Bonchev–Trinajstić information content (AvgIpc) is 2.51. The SMILES string of the molecule is CCOC(=O)C(CC)Oc1ccc(C(Br)C(=O)OC)cc1. The number of halogens is 1. The minimum Gasteiger partial charge on any atom is -0.479 e. The third-order valence-electron chi connectivity index (χ3n) is 2.78. The van der Waals surface area contributed by atoms with Crippen LogP contribution in [0.3, 0.4) is 0 Å². The van der Waals surface area contributed by atoms with Gasteiger partial charge in [-0.05, 0) is 31.0 Å². The van der Waals surface area contributed by atoms with Crippen LogP contribution in [0.4, 0.5) is 0 Å². The molecule has 116 valence electrons. The first-order valence-corrected chi connectivity index (χ1v) is 7.60. The van der Waals surface area contributed by atoms with Gasteiger partial charge in [0, 0.05) is 0 Å². The molecule has 2 atom stereocenters. The maximum absolute atomic E-state index is 11.7. The Labute approximate surface area is 132 Å². The quantitative estimate of drug-likeness (QED) is 0.553. The van der Waals surface area contributed by atoms with Crippen LogP contribution in [0.2, 0.25) is 0 Å². The summed E-state index contributed by atoms with van der Waals surface area (Å²) >= 11 is 3.25. The van der Waals surface area contributed by atoms with Gasteiger partial charge in [0.05, 0.1) is 13.7 Å². The number of carbonyl (C=O) groups is 2. The molecule has 0 fully saturated rings. The van der Waals surface area contributed by atoms with E-state index in [4.69, 9.17) is 9.47 Å². The fourth-order valence-electron chi connectivity index (χ4n) is 1.65. The second kappa shape index (κ2) is 8.67. The number of carbonyl (C=O) groups excluding carboxylic acids is 2. The molecule has 0 amide bonds. The highest BCUT2D eigenvalue weighted by Crippen LogP contribution is 2.26. The molecule has 0 aliphatic rings. The van der Waals surface area contributed by atoms with Crippen molar-refractivity contribution in [1.82, 2.24) is 0 Å². The Bertz CT molecular complexity index is 471. The monoisotopic (exact) mass is 358 g/mol. The molecule has 0 saturated carbocycles. The lowest BCUT2D eigenvalue weighted by atomic mass is 10.1. The van der Waals surface area contributed by atoms with E-state index in [0.29, 0.717) is 18.8 Å². The Morgan fingerprint density at radius 3 is 2.24 bits per heavy atom. The van der Waals surface area contributed by atoms with Crippen molar-refractivity contribution in [2.75, 3.05) is 13.7 Å². The summed E-state index contributed by atoms with van der Waals surface area (Å²) in [4.78, 5) is 22.6. The second-order valence-corrected chi connectivity index (χ2v) is 5.14. The highest BCUT2D eigenvalue weighted by Gasteiger charge is 2.21. The zero-order valence-corrected chi connectivity index (χ0v) is 13.9. The fraction of sp³-hybridized carbons (Fsp3) is 0.467. The first-order valence-electron chi connectivity index (χ1n) is 6.68. The van der Waals surface area contributed by atoms with Crippen LogP contribution in [-0.2, 0) is 19.1 Å². The summed E-state index contributed by atoms with van der Waals surface area (Å²) in [5, 5.41) is 0. The summed E-state index contributed by atoms with van der Waals surface area (Å²) in [5.41, 5.74) is 0.749. The number of rotatable bonds is 7. The number of ether oxygens (including phenoxy) is 3. The molecule has 0 heterocycles. The summed E-state index contributed by atoms with van der Waals surface area (Å²) in [6.45, 7) is 3.92. The van der Waals surface area contributed by atoms with Gasteiger partial charge in [0.2, 0.25) is 0 Å². The number of benzene rings is 1. The lowest BCUT2D eigenvalue weighted by Crippen LogP contribution is -2.28. The summed E-state index contributed by atoms with van der Waals surface area (Å²) < 4.78 is 15.2. The number of hydrogen-bond donors (Lipinski definition) is 0. The van der Waals surface area contributed by atoms with Gasteiger partial charge < -0.3 is 14.2 Å². The Balaban J connectivity index is 2.73. The lowest BCUT2D eigenvalue weighted by Gasteiger charge is -2.16. The molecule has 0 aliphatic heterocycles. The summed E-state index contributed by atoms with van der Waals surface area (Å²) in [7, 11) is 1.33. The van der Waals surface area contributed by atoms with E-state index in [1.54, 1.807) is 31.2 Å². The van der Waals surface area contributed by atoms with E-state index in [1.165, 1.54) is 7.11 Å². The Morgan fingerprint density at radius 1 is 1.14 bits per heavy atom. The van der Waals surface area contributed by atoms with Gasteiger partial charge in [0.25, 0.3) is 0 Å². The molecule has 0 aromatic heterocycles. The molecule has 0 N–H and O–H groups in total. The molecule has 0 aliphatic carbocycles. The third kappa shape index (κ3) is 5.04. The highest BCUT2D eigenvalue weighted by atomic mass is 79.9. The topological polar surface area (TPSA) is 61.8 Å². The normalized spacial score (nSPS) is 13.1. The van der Waals surface area contributed by atoms with Gasteiger partial charge >= 0.3 is 11.9 Å². The maximum Gasteiger partial charge on any atom is 0.347 e. The zero-order valence-electron chi connectivity index (χ0n) is 12.3. The van der Waals surface area contributed by atoms with Crippen molar-refractivity contribution in [1.29, 1.82) is 0 Å². The van der Waals surface area contributed by atoms with Crippen molar-refractivity contribution in [3.05, 3.63) is 29.8 Å². The van der Waals surface area contributed by atoms with Crippen molar-refractivity contribution >= 4 is 27.9 Å². The van der Waals surface area contributed by atoms with Crippen LogP contribution in [-0.4, -0.2) is 31.8 Å². The standard InChI is InChI=1S/C15H19BrO5/c1-4-12(14(17)20-5-2)21-11-8-6-10(7-9-11)13(16)15(18)19-3/h6-9,12-13H,4-5H2,1-3H3. The summed E-state index contributed by atoms with van der Waals surface area (Å²) in [6.07, 6.45) is -0.111. The van der Waals surface area contributed by atoms with Gasteiger partial charge in [-0.2, -0.15) is 0 Å². The molecule has 21 heavy (non-hydrogen) atoms. The Kier molecular flexibility index (Phi) is 7.22. The molecule has 2 unspecified atom stereocenters. The van der Waals surface area contributed by atoms with Crippen LogP contribution in [0.1, 0.15) is 30.7 Å². The number of hydrogen-bond acceptors (Lipinski definition) is 5. The summed E-state index contributed by atoms with van der Waals surface area (Å²) in [5.74, 6) is -0.207. The predicted octanol–water partition coefficient (Wildman–Crippen LogP) is 3.02. The Morgan fingerprint density at radius 2 is 1.76 bits per heavy atom. The lowest BCUT2D eigenvalue weighted by molar-refractivity contribution is -0.151. The Hall–Kier alpha value is -1.56. The van der Waals surface area contributed by atoms with Crippen LogP contribution in [0.25, 0.3) is 0 Å². The predicted molar refractivity (Wildman–Crippen MR) is 81.5 cm³/mol. The number of esters is 2. The molecule has 0 saturated heterocycles. The van der Waals surface area contributed by atoms with E-state index in [9.17, 15) is 9.59 Å². The first kappa shape index (κ1) is 17.5. The number of methoxy groups -OCH3 is 1. The van der Waals surface area contributed by atoms with Crippen LogP contribution in [0, 0.1) is 0 Å². The molecule has 6 heteroatoms. The van der Waals surface area contributed by atoms with E-state index in [1.807, 2.05) is 6.92 Å². The van der Waals surface area contributed by atoms with Gasteiger partial charge in [-0.3, -0.25) is 4.79 Å². The van der Waals surface area contributed by atoms with Crippen molar-refractivity contribution < 1.29 is 23.8 Å².